The predicted octanol–water partition coefficient (Wildman–Crippen LogP) is 15.4. The molecule has 7 rings (SSSR count). The summed E-state index contributed by atoms with van der Waals surface area (Å²) in [7, 11) is 11.0. The standard InChI is InChI=1S/C25H29.C19H19.C2H6Si.2ClH.Zr/c1-25(2,3)22-14-12-19(13-15-22)23-11-7-10-20-16-21(17-24(20)23)18-8-5-4-6-9-18;1-13(2)15-7-9-16(10-8-15)18-6-4-5-17-11-14(3)12-19(17)18;1-3-2;;;/h7,10-18H,4-6,8-9H2,1-3H3;4-13H,1-3H3;1-2H3;2*1H;/q2*-1;;;;+4/p-2. The molecule has 1 aliphatic rings. The van der Waals surface area contributed by atoms with Gasteiger partial charge in [-0.05, 0) is 52.3 Å². The van der Waals surface area contributed by atoms with Crippen molar-refractivity contribution in [3.05, 3.63) is 131 Å². The van der Waals surface area contributed by atoms with Crippen molar-refractivity contribution in [2.45, 2.75) is 104 Å². The Labute approximate surface area is 324 Å². The maximum atomic E-state index is 4.93. The molecule has 260 valence electrons. The van der Waals surface area contributed by atoms with Gasteiger partial charge in [0.25, 0.3) is 0 Å². The van der Waals surface area contributed by atoms with Crippen LogP contribution in [-0.4, -0.2) is 9.52 Å². The zero-order valence-corrected chi connectivity index (χ0v) is 36.3. The molecule has 0 bridgehead atoms. The minimum atomic E-state index is -0.826. The van der Waals surface area contributed by atoms with Crippen LogP contribution in [0.2, 0.25) is 13.1 Å². The molecule has 6 aromatic rings. The number of hydrogen-bond donors (Lipinski definition) is 0. The molecule has 4 heteroatoms. The van der Waals surface area contributed by atoms with Crippen LogP contribution >= 0.6 is 17.0 Å². The molecule has 1 fully saturated rings. The molecule has 0 saturated heterocycles. The van der Waals surface area contributed by atoms with Crippen LogP contribution in [0.5, 0.6) is 0 Å². The van der Waals surface area contributed by atoms with Crippen LogP contribution < -0.4 is 0 Å². The van der Waals surface area contributed by atoms with Gasteiger partial charge >= 0.3 is 37.9 Å². The van der Waals surface area contributed by atoms with Crippen molar-refractivity contribution in [2.75, 3.05) is 0 Å². The summed E-state index contributed by atoms with van der Waals surface area (Å²) in [6.45, 7) is 17.8. The molecule has 1 aliphatic carbocycles. The van der Waals surface area contributed by atoms with Crippen LogP contribution in [-0.2, 0) is 26.3 Å². The molecule has 0 amide bonds. The minimum absolute atomic E-state index is 0.207. The van der Waals surface area contributed by atoms with Crippen molar-refractivity contribution in [1.82, 2.24) is 0 Å². The van der Waals surface area contributed by atoms with Crippen LogP contribution in [0, 0.1) is 6.92 Å². The molecule has 0 spiro atoms. The first-order chi connectivity index (χ1) is 24.0. The second kappa shape index (κ2) is 19.6. The monoisotopic (exact) mass is 794 g/mol. The normalized spacial score (nSPS) is 13.1. The first kappa shape index (κ1) is 40.5. The number of benzene rings is 4. The van der Waals surface area contributed by atoms with E-state index in [1.165, 1.54) is 92.6 Å². The maximum absolute atomic E-state index is 4.93. The molecule has 2 radical (unpaired) electrons. The van der Waals surface area contributed by atoms with E-state index in [2.05, 4.69) is 164 Å². The number of rotatable bonds is 4. The van der Waals surface area contributed by atoms with Crippen LogP contribution in [0.15, 0.2) is 109 Å². The third kappa shape index (κ3) is 10.9. The van der Waals surface area contributed by atoms with E-state index in [4.69, 9.17) is 17.0 Å². The van der Waals surface area contributed by atoms with Gasteiger partial charge in [-0.25, -0.2) is 0 Å². The van der Waals surface area contributed by atoms with E-state index in [1.54, 1.807) is 5.56 Å². The summed E-state index contributed by atoms with van der Waals surface area (Å²) in [5.74, 6) is 1.36. The SMILES string of the molecule is CC(C)(C)c1ccc(-c2cccc3[cH-]c(C4CCCCC4)cc23)cc1.C[Si]C.Cc1cc2c(-c3ccc(C(C)C)cc3)cccc2[cH-]1.[Cl][Zr+2][Cl]. The average Bonchev–Trinajstić information content (AvgIpc) is 3.72. The van der Waals surface area contributed by atoms with Crippen LogP contribution in [0.25, 0.3) is 43.8 Å². The fraction of sp³-hybridized carbons (Fsp3) is 0.348. The Morgan fingerprint density at radius 3 is 1.68 bits per heavy atom. The Hall–Kier alpha value is -2.22. The van der Waals surface area contributed by atoms with E-state index in [0.717, 1.165) is 15.4 Å². The Morgan fingerprint density at radius 1 is 0.700 bits per heavy atom. The molecule has 0 aliphatic heterocycles. The molecule has 50 heavy (non-hydrogen) atoms. The van der Waals surface area contributed by atoms with Gasteiger partial charge in [-0.1, -0.05) is 146 Å². The van der Waals surface area contributed by atoms with Crippen molar-refractivity contribution in [3.63, 3.8) is 0 Å². The summed E-state index contributed by atoms with van der Waals surface area (Å²) in [5.41, 5.74) is 11.2. The van der Waals surface area contributed by atoms with Crippen LogP contribution in [0.4, 0.5) is 0 Å². The quantitative estimate of drug-likeness (QED) is 0.123. The predicted molar refractivity (Wildman–Crippen MR) is 222 cm³/mol. The van der Waals surface area contributed by atoms with E-state index in [9.17, 15) is 0 Å². The van der Waals surface area contributed by atoms with Crippen molar-refractivity contribution in [3.8, 4) is 22.3 Å². The van der Waals surface area contributed by atoms with E-state index >= 15 is 0 Å². The van der Waals surface area contributed by atoms with Crippen molar-refractivity contribution < 1.29 is 20.8 Å². The van der Waals surface area contributed by atoms with Crippen molar-refractivity contribution >= 4 is 48.1 Å². The van der Waals surface area contributed by atoms with Crippen LogP contribution in [0.3, 0.4) is 0 Å². The molecule has 0 N–H and O–H groups in total. The Balaban J connectivity index is 0.000000200. The zero-order valence-electron chi connectivity index (χ0n) is 31.3. The number of halogens is 2. The third-order valence-corrected chi connectivity index (χ3v) is 9.69. The summed E-state index contributed by atoms with van der Waals surface area (Å²) >= 11 is -0.826. The molecular weight excluding hydrogens is 743 g/mol. The average molecular weight is 797 g/mol. The van der Waals surface area contributed by atoms with Gasteiger partial charge in [0, 0.05) is 9.52 Å². The Bertz CT molecular complexity index is 1880. The van der Waals surface area contributed by atoms with E-state index in [-0.39, 0.29) is 5.41 Å². The van der Waals surface area contributed by atoms with Crippen molar-refractivity contribution in [1.29, 1.82) is 0 Å². The van der Waals surface area contributed by atoms with Crippen molar-refractivity contribution in [2.24, 2.45) is 0 Å². The molecular formula is C46H54Cl2SiZr. The first-order valence-electron chi connectivity index (χ1n) is 18.1. The number of hydrogen-bond acceptors (Lipinski definition) is 0. The summed E-state index contributed by atoms with van der Waals surface area (Å²) < 4.78 is 0. The molecule has 0 heterocycles. The Kier molecular flexibility index (Phi) is 15.9. The molecule has 0 unspecified atom stereocenters. The summed E-state index contributed by atoms with van der Waals surface area (Å²) in [4.78, 5) is 0. The molecule has 0 nitrogen and oxygen atoms in total. The topological polar surface area (TPSA) is 0 Å². The van der Waals surface area contributed by atoms with Gasteiger partial charge in [0.15, 0.2) is 0 Å². The van der Waals surface area contributed by atoms with Gasteiger partial charge in [-0.15, -0.1) is 69.1 Å². The Morgan fingerprint density at radius 2 is 1.18 bits per heavy atom. The van der Waals surface area contributed by atoms with Gasteiger partial charge < -0.3 is 0 Å². The van der Waals surface area contributed by atoms with E-state index in [0.29, 0.717) is 5.92 Å². The fourth-order valence-corrected chi connectivity index (χ4v) is 7.01. The second-order valence-electron chi connectivity index (χ2n) is 14.9. The number of fused-ring (bicyclic) bond motifs is 2. The van der Waals surface area contributed by atoms with E-state index in [1.807, 2.05) is 0 Å². The summed E-state index contributed by atoms with van der Waals surface area (Å²) in [5, 5.41) is 5.52. The summed E-state index contributed by atoms with van der Waals surface area (Å²) in [6.07, 6.45) is 6.95. The third-order valence-electron chi connectivity index (χ3n) is 9.69. The zero-order chi connectivity index (χ0) is 36.3. The molecule has 1 saturated carbocycles. The van der Waals surface area contributed by atoms with Gasteiger partial charge in [0.05, 0.1) is 0 Å². The van der Waals surface area contributed by atoms with Gasteiger partial charge in [0.2, 0.25) is 0 Å². The number of aryl methyl sites for hydroxylation is 1. The molecule has 0 atom stereocenters. The van der Waals surface area contributed by atoms with Gasteiger partial charge in [-0.2, -0.15) is 12.1 Å². The van der Waals surface area contributed by atoms with E-state index < -0.39 is 20.8 Å². The summed E-state index contributed by atoms with van der Waals surface area (Å²) in [6, 6.07) is 40.9. The molecule has 0 aromatic heterocycles. The van der Waals surface area contributed by atoms with Gasteiger partial charge in [-0.3, -0.25) is 0 Å². The molecule has 6 aromatic carbocycles. The van der Waals surface area contributed by atoms with Crippen LogP contribution in [0.1, 0.15) is 101 Å². The fourth-order valence-electron chi connectivity index (χ4n) is 7.01. The van der Waals surface area contributed by atoms with Gasteiger partial charge in [0.1, 0.15) is 0 Å². The second-order valence-corrected chi connectivity index (χ2v) is 19.7. The first-order valence-corrected chi connectivity index (χ1v) is 26.4.